The molecule has 1 aromatic heterocycles. The molecule has 0 atom stereocenters. The topological polar surface area (TPSA) is 107 Å². The second kappa shape index (κ2) is 5.07. The number of carbonyl (C=O) groups excluding carboxylic acids is 2. The first kappa shape index (κ1) is 12.4. The van der Waals surface area contributed by atoms with Crippen LogP contribution < -0.4 is 11.5 Å². The molecule has 1 fully saturated rings. The Bertz CT molecular complexity index is 462. The maximum absolute atomic E-state index is 12.0. The van der Waals surface area contributed by atoms with Gasteiger partial charge in [-0.15, -0.1) is 0 Å². The lowest BCUT2D eigenvalue weighted by molar-refractivity contribution is -0.132. The first-order valence-electron chi connectivity index (χ1n) is 5.98. The summed E-state index contributed by atoms with van der Waals surface area (Å²) >= 11 is 0. The zero-order valence-corrected chi connectivity index (χ0v) is 10.1. The number of hydrogen-bond acceptors (Lipinski definition) is 4. The summed E-state index contributed by atoms with van der Waals surface area (Å²) in [6, 6.07) is 0. The summed E-state index contributed by atoms with van der Waals surface area (Å²) in [5.41, 5.74) is 10.9. The van der Waals surface area contributed by atoms with Gasteiger partial charge in [-0.05, 0) is 19.3 Å². The van der Waals surface area contributed by atoms with Gasteiger partial charge in [0.25, 0.3) is 5.91 Å². The highest BCUT2D eigenvalue weighted by atomic mass is 16.2. The Balaban J connectivity index is 2.02. The van der Waals surface area contributed by atoms with Crippen LogP contribution >= 0.6 is 0 Å². The molecule has 7 nitrogen and oxygen atoms in total. The Kier molecular flexibility index (Phi) is 3.50. The number of piperidine rings is 1. The van der Waals surface area contributed by atoms with Gasteiger partial charge in [0.2, 0.25) is 5.91 Å². The van der Waals surface area contributed by atoms with Crippen molar-refractivity contribution in [3.05, 3.63) is 11.9 Å². The van der Waals surface area contributed by atoms with Crippen molar-refractivity contribution in [1.29, 1.82) is 0 Å². The highest BCUT2D eigenvalue weighted by Crippen LogP contribution is 2.11. The predicted molar refractivity (Wildman–Crippen MR) is 65.6 cm³/mol. The third-order valence-corrected chi connectivity index (χ3v) is 3.03. The molecule has 1 saturated heterocycles. The number of amides is 2. The number of carbonyl (C=O) groups is 2. The quantitative estimate of drug-likeness (QED) is 0.760. The normalized spacial score (nSPS) is 15.7. The van der Waals surface area contributed by atoms with Gasteiger partial charge >= 0.3 is 0 Å². The molecule has 0 unspecified atom stereocenters. The summed E-state index contributed by atoms with van der Waals surface area (Å²) < 4.78 is 1.37. The van der Waals surface area contributed by atoms with Gasteiger partial charge in [-0.25, -0.2) is 0 Å². The fourth-order valence-corrected chi connectivity index (χ4v) is 2.09. The van der Waals surface area contributed by atoms with Crippen molar-refractivity contribution in [1.82, 2.24) is 14.7 Å². The summed E-state index contributed by atoms with van der Waals surface area (Å²) in [5, 5.41) is 3.91. The van der Waals surface area contributed by atoms with Crippen molar-refractivity contribution >= 4 is 17.5 Å². The molecular formula is C11H17N5O2. The van der Waals surface area contributed by atoms with Gasteiger partial charge in [0.15, 0.2) is 5.69 Å². The summed E-state index contributed by atoms with van der Waals surface area (Å²) in [4.78, 5) is 24.8. The highest BCUT2D eigenvalue weighted by molar-refractivity contribution is 5.95. The molecule has 0 bridgehead atoms. The summed E-state index contributed by atoms with van der Waals surface area (Å²) in [6.45, 7) is 1.67. The van der Waals surface area contributed by atoms with Crippen molar-refractivity contribution in [2.75, 3.05) is 18.8 Å². The fraction of sp³-hybridized carbons (Fsp3) is 0.545. The molecule has 0 radical (unpaired) electrons. The lowest BCUT2D eigenvalue weighted by Gasteiger charge is -2.26. The number of aromatic nitrogens is 2. The first-order valence-corrected chi connectivity index (χ1v) is 5.98. The predicted octanol–water partition coefficient (Wildman–Crippen LogP) is -0.423. The second-order valence-corrected chi connectivity index (χ2v) is 4.44. The lowest BCUT2D eigenvalue weighted by Crippen LogP contribution is -2.37. The van der Waals surface area contributed by atoms with E-state index in [4.69, 9.17) is 11.5 Å². The minimum atomic E-state index is -0.684. The van der Waals surface area contributed by atoms with Crippen LogP contribution in [-0.2, 0) is 11.3 Å². The SMILES string of the molecule is NC(=O)c1nn(CC(=O)N2CCCCC2)cc1N. The summed E-state index contributed by atoms with van der Waals surface area (Å²) in [5.74, 6) is -0.690. The summed E-state index contributed by atoms with van der Waals surface area (Å²) in [7, 11) is 0. The van der Waals surface area contributed by atoms with E-state index in [0.717, 1.165) is 25.9 Å². The van der Waals surface area contributed by atoms with Crippen LogP contribution in [0.5, 0.6) is 0 Å². The maximum atomic E-state index is 12.0. The number of rotatable bonds is 3. The summed E-state index contributed by atoms with van der Waals surface area (Å²) in [6.07, 6.45) is 4.71. The van der Waals surface area contributed by atoms with Crippen molar-refractivity contribution in [3.8, 4) is 0 Å². The molecule has 18 heavy (non-hydrogen) atoms. The van der Waals surface area contributed by atoms with Gasteiger partial charge in [0.1, 0.15) is 6.54 Å². The largest absolute Gasteiger partial charge is 0.396 e. The van der Waals surface area contributed by atoms with E-state index in [1.807, 2.05) is 4.90 Å². The number of hydrogen-bond donors (Lipinski definition) is 2. The standard InChI is InChI=1S/C11H17N5O2/c12-8-6-16(14-10(8)11(13)18)7-9(17)15-4-2-1-3-5-15/h6H,1-5,7,12H2,(H2,13,18). The van der Waals surface area contributed by atoms with Gasteiger partial charge in [-0.1, -0.05) is 0 Å². The minimum Gasteiger partial charge on any atom is -0.396 e. The van der Waals surface area contributed by atoms with Crippen molar-refractivity contribution in [2.45, 2.75) is 25.8 Å². The minimum absolute atomic E-state index is 0.00628. The van der Waals surface area contributed by atoms with Crippen LogP contribution in [0.25, 0.3) is 0 Å². The number of anilines is 1. The average Bonchev–Trinajstić information content (AvgIpc) is 2.71. The Labute approximate surface area is 105 Å². The molecule has 1 aliphatic heterocycles. The Hall–Kier alpha value is -2.05. The molecule has 98 valence electrons. The van der Waals surface area contributed by atoms with Crippen LogP contribution in [0.15, 0.2) is 6.20 Å². The maximum Gasteiger partial charge on any atom is 0.271 e. The molecule has 2 rings (SSSR count). The van der Waals surface area contributed by atoms with Crippen molar-refractivity contribution < 1.29 is 9.59 Å². The molecule has 7 heteroatoms. The van der Waals surface area contributed by atoms with E-state index in [1.54, 1.807) is 0 Å². The van der Waals surface area contributed by atoms with Crippen LogP contribution in [0, 0.1) is 0 Å². The number of likely N-dealkylation sites (tertiary alicyclic amines) is 1. The number of primary amides is 1. The van der Waals surface area contributed by atoms with E-state index in [1.165, 1.54) is 17.3 Å². The Morgan fingerprint density at radius 3 is 2.50 bits per heavy atom. The number of nitrogens with zero attached hydrogens (tertiary/aromatic N) is 3. The van der Waals surface area contributed by atoms with Crippen LogP contribution in [0.3, 0.4) is 0 Å². The van der Waals surface area contributed by atoms with Crippen molar-refractivity contribution in [2.24, 2.45) is 5.73 Å². The molecule has 1 aliphatic rings. The first-order chi connectivity index (χ1) is 8.58. The van der Waals surface area contributed by atoms with Crippen LogP contribution in [-0.4, -0.2) is 39.6 Å². The number of nitrogen functional groups attached to an aromatic ring is 1. The van der Waals surface area contributed by atoms with Gasteiger partial charge < -0.3 is 16.4 Å². The second-order valence-electron chi connectivity index (χ2n) is 4.44. The van der Waals surface area contributed by atoms with Crippen LogP contribution in [0.2, 0.25) is 0 Å². The van der Waals surface area contributed by atoms with E-state index >= 15 is 0 Å². The van der Waals surface area contributed by atoms with Crippen LogP contribution in [0.1, 0.15) is 29.8 Å². The average molecular weight is 251 g/mol. The van der Waals surface area contributed by atoms with E-state index in [9.17, 15) is 9.59 Å². The molecule has 0 spiro atoms. The van der Waals surface area contributed by atoms with E-state index in [-0.39, 0.29) is 23.8 Å². The van der Waals surface area contributed by atoms with Gasteiger partial charge in [-0.3, -0.25) is 14.3 Å². The molecule has 4 N–H and O–H groups in total. The zero-order chi connectivity index (χ0) is 13.1. The third kappa shape index (κ3) is 2.61. The van der Waals surface area contributed by atoms with E-state index in [2.05, 4.69) is 5.10 Å². The van der Waals surface area contributed by atoms with Gasteiger partial charge in [0.05, 0.1) is 5.69 Å². The molecular weight excluding hydrogens is 234 g/mol. The highest BCUT2D eigenvalue weighted by Gasteiger charge is 2.18. The Morgan fingerprint density at radius 1 is 1.28 bits per heavy atom. The van der Waals surface area contributed by atoms with Crippen LogP contribution in [0.4, 0.5) is 5.69 Å². The molecule has 0 saturated carbocycles. The molecule has 1 aromatic rings. The monoisotopic (exact) mass is 251 g/mol. The molecule has 0 aromatic carbocycles. The number of nitrogens with two attached hydrogens (primary N) is 2. The van der Waals surface area contributed by atoms with Gasteiger partial charge in [-0.2, -0.15) is 5.10 Å². The van der Waals surface area contributed by atoms with Crippen molar-refractivity contribution in [3.63, 3.8) is 0 Å². The third-order valence-electron chi connectivity index (χ3n) is 3.03. The van der Waals surface area contributed by atoms with E-state index in [0.29, 0.717) is 0 Å². The Morgan fingerprint density at radius 2 is 1.94 bits per heavy atom. The molecule has 2 amide bonds. The lowest BCUT2D eigenvalue weighted by atomic mass is 10.1. The van der Waals surface area contributed by atoms with Gasteiger partial charge in [0, 0.05) is 19.3 Å². The smallest absolute Gasteiger partial charge is 0.271 e. The van der Waals surface area contributed by atoms with E-state index < -0.39 is 5.91 Å². The molecule has 2 heterocycles. The fourth-order valence-electron chi connectivity index (χ4n) is 2.09. The molecule has 0 aliphatic carbocycles. The zero-order valence-electron chi connectivity index (χ0n) is 10.1.